The number of phenols is 1. The maximum atomic E-state index is 12.2. The van der Waals surface area contributed by atoms with Gasteiger partial charge in [0.1, 0.15) is 0 Å². The second kappa shape index (κ2) is 6.50. The van der Waals surface area contributed by atoms with Crippen molar-refractivity contribution in [2.24, 2.45) is 0 Å². The molecule has 0 saturated carbocycles. The highest BCUT2D eigenvalue weighted by atomic mass is 35.5. The van der Waals surface area contributed by atoms with Crippen LogP contribution in [0.25, 0.3) is 0 Å². The lowest BCUT2D eigenvalue weighted by Crippen LogP contribution is -2.26. The fraction of sp³-hybridized carbons (Fsp3) is 0.188. The number of phenolic OH excluding ortho intramolecular Hbond substituents is 1. The van der Waals surface area contributed by atoms with Gasteiger partial charge >= 0.3 is 0 Å². The van der Waals surface area contributed by atoms with Crippen molar-refractivity contribution in [1.82, 2.24) is 5.32 Å². The number of halogens is 1. The van der Waals surface area contributed by atoms with Crippen molar-refractivity contribution in [1.29, 1.82) is 0 Å². The molecular weight excluding hydrogens is 290 g/mol. The average molecular weight is 306 g/mol. The van der Waals surface area contributed by atoms with Gasteiger partial charge in [0.15, 0.2) is 11.5 Å². The Morgan fingerprint density at radius 2 is 1.90 bits per heavy atom. The third-order valence-electron chi connectivity index (χ3n) is 3.16. The maximum Gasteiger partial charge on any atom is 0.251 e. The number of carbonyl (C=O) groups is 1. The molecule has 4 nitrogen and oxygen atoms in total. The van der Waals surface area contributed by atoms with E-state index < -0.39 is 0 Å². The summed E-state index contributed by atoms with van der Waals surface area (Å²) < 4.78 is 4.95. The van der Waals surface area contributed by atoms with E-state index in [1.165, 1.54) is 13.2 Å². The van der Waals surface area contributed by atoms with Crippen molar-refractivity contribution in [3.8, 4) is 11.5 Å². The van der Waals surface area contributed by atoms with Gasteiger partial charge in [-0.15, -0.1) is 0 Å². The lowest BCUT2D eigenvalue weighted by Gasteiger charge is -2.15. The van der Waals surface area contributed by atoms with Gasteiger partial charge in [0.2, 0.25) is 0 Å². The summed E-state index contributed by atoms with van der Waals surface area (Å²) in [5, 5.41) is 13.2. The lowest BCUT2D eigenvalue weighted by atomic mass is 10.1. The van der Waals surface area contributed by atoms with Gasteiger partial charge in [0, 0.05) is 10.6 Å². The monoisotopic (exact) mass is 305 g/mol. The van der Waals surface area contributed by atoms with Crippen LogP contribution in [0.1, 0.15) is 28.9 Å². The van der Waals surface area contributed by atoms with E-state index in [0.29, 0.717) is 16.3 Å². The molecule has 0 aliphatic carbocycles. The molecule has 0 aromatic heterocycles. The molecule has 1 unspecified atom stereocenters. The van der Waals surface area contributed by atoms with Gasteiger partial charge in [-0.2, -0.15) is 0 Å². The molecule has 1 atom stereocenters. The van der Waals surface area contributed by atoms with Gasteiger partial charge < -0.3 is 15.2 Å². The first-order chi connectivity index (χ1) is 10.0. The Balaban J connectivity index is 2.10. The molecule has 21 heavy (non-hydrogen) atoms. The predicted molar refractivity (Wildman–Crippen MR) is 82.0 cm³/mol. The number of hydrogen-bond acceptors (Lipinski definition) is 3. The molecule has 0 spiro atoms. The molecule has 0 aliphatic rings. The quantitative estimate of drug-likeness (QED) is 0.908. The fourth-order valence-electron chi connectivity index (χ4n) is 1.95. The Morgan fingerprint density at radius 1 is 1.24 bits per heavy atom. The Morgan fingerprint density at radius 3 is 2.48 bits per heavy atom. The minimum atomic E-state index is -0.268. The van der Waals surface area contributed by atoms with Crippen LogP contribution in [0.15, 0.2) is 42.5 Å². The molecule has 0 aliphatic heterocycles. The average Bonchev–Trinajstić information content (AvgIpc) is 2.47. The molecule has 0 bridgehead atoms. The summed E-state index contributed by atoms with van der Waals surface area (Å²) in [5.41, 5.74) is 1.32. The van der Waals surface area contributed by atoms with Crippen molar-refractivity contribution >= 4 is 17.5 Å². The van der Waals surface area contributed by atoms with Crippen LogP contribution < -0.4 is 10.1 Å². The summed E-state index contributed by atoms with van der Waals surface area (Å²) in [4.78, 5) is 12.2. The predicted octanol–water partition coefficient (Wildman–Crippen LogP) is 3.55. The van der Waals surface area contributed by atoms with Crippen LogP contribution in [0.5, 0.6) is 11.5 Å². The van der Waals surface area contributed by atoms with Crippen LogP contribution in [-0.2, 0) is 0 Å². The number of hydrogen-bond donors (Lipinski definition) is 2. The molecule has 2 N–H and O–H groups in total. The standard InChI is InChI=1S/C16H16ClNO3/c1-10(11-3-6-13(17)7-4-11)18-16(20)12-5-8-15(21-2)14(19)9-12/h3-10,19H,1-2H3,(H,18,20). The Labute approximate surface area is 128 Å². The van der Waals surface area contributed by atoms with Crippen LogP contribution >= 0.6 is 11.6 Å². The van der Waals surface area contributed by atoms with E-state index in [9.17, 15) is 9.90 Å². The number of methoxy groups -OCH3 is 1. The van der Waals surface area contributed by atoms with E-state index in [-0.39, 0.29) is 17.7 Å². The van der Waals surface area contributed by atoms with Crippen molar-refractivity contribution in [2.75, 3.05) is 7.11 Å². The Kier molecular flexibility index (Phi) is 4.70. The molecular formula is C16H16ClNO3. The normalized spacial score (nSPS) is 11.8. The third kappa shape index (κ3) is 3.67. The summed E-state index contributed by atoms with van der Waals surface area (Å²) in [5.74, 6) is -0.00278. The largest absolute Gasteiger partial charge is 0.504 e. The summed E-state index contributed by atoms with van der Waals surface area (Å²) in [6, 6.07) is 11.6. The first-order valence-corrected chi connectivity index (χ1v) is 6.82. The van der Waals surface area contributed by atoms with Crippen molar-refractivity contribution < 1.29 is 14.6 Å². The van der Waals surface area contributed by atoms with Crippen molar-refractivity contribution in [2.45, 2.75) is 13.0 Å². The minimum Gasteiger partial charge on any atom is -0.504 e. The van der Waals surface area contributed by atoms with Gasteiger partial charge in [-0.25, -0.2) is 0 Å². The zero-order valence-electron chi connectivity index (χ0n) is 11.8. The van der Waals surface area contributed by atoms with Crippen LogP contribution in [0.3, 0.4) is 0 Å². The van der Waals surface area contributed by atoms with Gasteiger partial charge in [-0.1, -0.05) is 23.7 Å². The van der Waals surface area contributed by atoms with Gasteiger partial charge in [-0.05, 0) is 42.8 Å². The molecule has 0 saturated heterocycles. The van der Waals surface area contributed by atoms with Crippen LogP contribution in [0.2, 0.25) is 5.02 Å². The smallest absolute Gasteiger partial charge is 0.251 e. The van der Waals surface area contributed by atoms with E-state index in [1.807, 2.05) is 19.1 Å². The second-order valence-corrected chi connectivity index (χ2v) is 5.07. The number of benzene rings is 2. The van der Waals surface area contributed by atoms with Crippen LogP contribution in [-0.4, -0.2) is 18.1 Å². The summed E-state index contributed by atoms with van der Waals surface area (Å²) in [6.45, 7) is 1.88. The highest BCUT2D eigenvalue weighted by Crippen LogP contribution is 2.26. The fourth-order valence-corrected chi connectivity index (χ4v) is 2.07. The van der Waals surface area contributed by atoms with Gasteiger partial charge in [0.05, 0.1) is 13.2 Å². The number of amides is 1. The summed E-state index contributed by atoms with van der Waals surface area (Å²) in [6.07, 6.45) is 0. The Bertz CT molecular complexity index is 640. The molecule has 0 fully saturated rings. The lowest BCUT2D eigenvalue weighted by molar-refractivity contribution is 0.0939. The number of rotatable bonds is 4. The molecule has 5 heteroatoms. The second-order valence-electron chi connectivity index (χ2n) is 4.63. The molecule has 1 amide bonds. The van der Waals surface area contributed by atoms with Crippen molar-refractivity contribution in [3.63, 3.8) is 0 Å². The first kappa shape index (κ1) is 15.2. The van der Waals surface area contributed by atoms with E-state index in [4.69, 9.17) is 16.3 Å². The highest BCUT2D eigenvalue weighted by Gasteiger charge is 2.13. The molecule has 110 valence electrons. The number of nitrogens with one attached hydrogen (secondary N) is 1. The molecule has 2 rings (SSSR count). The van der Waals surface area contributed by atoms with Gasteiger partial charge in [0.25, 0.3) is 5.91 Å². The topological polar surface area (TPSA) is 58.6 Å². The maximum absolute atomic E-state index is 12.2. The highest BCUT2D eigenvalue weighted by molar-refractivity contribution is 6.30. The molecule has 0 heterocycles. The van der Waals surface area contributed by atoms with E-state index in [1.54, 1.807) is 24.3 Å². The summed E-state index contributed by atoms with van der Waals surface area (Å²) in [7, 11) is 1.46. The Hall–Kier alpha value is -2.20. The van der Waals surface area contributed by atoms with Crippen LogP contribution in [0, 0.1) is 0 Å². The minimum absolute atomic E-state index is 0.0655. The third-order valence-corrected chi connectivity index (χ3v) is 3.41. The zero-order valence-corrected chi connectivity index (χ0v) is 12.5. The SMILES string of the molecule is COc1ccc(C(=O)NC(C)c2ccc(Cl)cc2)cc1O. The summed E-state index contributed by atoms with van der Waals surface area (Å²) >= 11 is 5.84. The molecule has 2 aromatic rings. The number of carbonyl (C=O) groups excluding carboxylic acids is 1. The van der Waals surface area contributed by atoms with E-state index >= 15 is 0 Å². The van der Waals surface area contributed by atoms with Crippen LogP contribution in [0.4, 0.5) is 0 Å². The molecule has 0 radical (unpaired) electrons. The van der Waals surface area contributed by atoms with E-state index in [0.717, 1.165) is 5.56 Å². The first-order valence-electron chi connectivity index (χ1n) is 6.44. The van der Waals surface area contributed by atoms with Crippen molar-refractivity contribution in [3.05, 3.63) is 58.6 Å². The van der Waals surface area contributed by atoms with E-state index in [2.05, 4.69) is 5.32 Å². The van der Waals surface area contributed by atoms with Gasteiger partial charge in [-0.3, -0.25) is 4.79 Å². The molecule has 2 aromatic carbocycles. The zero-order chi connectivity index (χ0) is 15.4. The number of ether oxygens (including phenoxy) is 1. The number of aromatic hydroxyl groups is 1.